The quantitative estimate of drug-likeness (QED) is 0.636. The molecule has 4 N–H and O–H groups in total. The number of aliphatic hydroxyl groups is 1. The van der Waals surface area contributed by atoms with E-state index in [1.165, 1.54) is 4.90 Å². The minimum atomic E-state index is -0.971. The number of carbonyl (C=O) groups is 2. The second-order valence-electron chi connectivity index (χ2n) is 5.86. The van der Waals surface area contributed by atoms with Crippen LogP contribution >= 0.6 is 0 Å². The Morgan fingerprint density at radius 3 is 2.21 bits per heavy atom. The number of carbonyl (C=O) groups excluding carboxylic acids is 2. The van der Waals surface area contributed by atoms with Gasteiger partial charge in [0.05, 0.1) is 5.60 Å². The van der Waals surface area contributed by atoms with E-state index in [2.05, 4.69) is 5.32 Å². The van der Waals surface area contributed by atoms with Gasteiger partial charge in [0.1, 0.15) is 6.04 Å². The highest BCUT2D eigenvalue weighted by Gasteiger charge is 2.28. The lowest BCUT2D eigenvalue weighted by Gasteiger charge is -2.31. The highest BCUT2D eigenvalue weighted by molar-refractivity contribution is 5.86. The molecule has 0 spiro atoms. The first kappa shape index (κ1) is 17.7. The Hall–Kier alpha value is -1.30. The molecule has 3 amide bonds. The molecule has 0 heterocycles. The van der Waals surface area contributed by atoms with Crippen molar-refractivity contribution in [3.05, 3.63) is 0 Å². The van der Waals surface area contributed by atoms with Gasteiger partial charge in [-0.05, 0) is 33.1 Å². The minimum Gasteiger partial charge on any atom is -0.389 e. The second kappa shape index (κ2) is 7.33. The Morgan fingerprint density at radius 2 is 1.89 bits per heavy atom. The third-order valence-electron chi connectivity index (χ3n) is 2.59. The monoisotopic (exact) mass is 273 g/mol. The number of primary amides is 1. The average molecular weight is 273 g/mol. The van der Waals surface area contributed by atoms with Crippen LogP contribution in [0, 0.1) is 5.92 Å². The number of nitrogens with one attached hydrogen (secondary N) is 1. The zero-order valence-corrected chi connectivity index (χ0v) is 12.6. The van der Waals surface area contributed by atoms with Crippen molar-refractivity contribution in [3.8, 4) is 0 Å². The third kappa shape index (κ3) is 7.66. The van der Waals surface area contributed by atoms with Crippen LogP contribution < -0.4 is 11.1 Å². The van der Waals surface area contributed by atoms with Crippen molar-refractivity contribution in [1.82, 2.24) is 10.2 Å². The molecule has 0 aliphatic heterocycles. The van der Waals surface area contributed by atoms with Crippen molar-refractivity contribution in [2.45, 2.75) is 52.7 Å². The number of nitrogens with zero attached hydrogens (tertiary/aromatic N) is 1. The molecule has 0 aliphatic carbocycles. The molecule has 112 valence electrons. The van der Waals surface area contributed by atoms with E-state index in [-0.39, 0.29) is 18.4 Å². The second-order valence-corrected chi connectivity index (χ2v) is 5.86. The van der Waals surface area contributed by atoms with Crippen LogP contribution in [-0.2, 0) is 4.79 Å². The Bertz CT molecular complexity index is 311. The molecule has 19 heavy (non-hydrogen) atoms. The summed E-state index contributed by atoms with van der Waals surface area (Å²) in [4.78, 5) is 24.9. The lowest BCUT2D eigenvalue weighted by molar-refractivity contribution is -0.136. The van der Waals surface area contributed by atoms with Gasteiger partial charge in [-0.1, -0.05) is 13.8 Å². The Labute approximate surface area is 115 Å². The Kier molecular flexibility index (Phi) is 6.83. The predicted octanol–water partition coefficient (Wildman–Crippen LogP) is 0.689. The number of hydrogen-bond donors (Lipinski definition) is 3. The first-order valence-corrected chi connectivity index (χ1v) is 6.64. The highest BCUT2D eigenvalue weighted by Crippen LogP contribution is 2.11. The van der Waals surface area contributed by atoms with Crippen LogP contribution in [0.1, 0.15) is 41.0 Å². The van der Waals surface area contributed by atoms with Crippen LogP contribution in [0.4, 0.5) is 4.79 Å². The summed E-state index contributed by atoms with van der Waals surface area (Å²) in [7, 11) is 0. The molecule has 0 rings (SSSR count). The van der Waals surface area contributed by atoms with Crippen LogP contribution in [-0.4, -0.2) is 46.7 Å². The van der Waals surface area contributed by atoms with Gasteiger partial charge >= 0.3 is 6.03 Å². The maximum Gasteiger partial charge on any atom is 0.312 e. The van der Waals surface area contributed by atoms with Gasteiger partial charge in [-0.15, -0.1) is 0 Å². The van der Waals surface area contributed by atoms with Crippen molar-refractivity contribution in [1.29, 1.82) is 0 Å². The number of hydrogen-bond acceptors (Lipinski definition) is 3. The van der Waals surface area contributed by atoms with E-state index >= 15 is 0 Å². The van der Waals surface area contributed by atoms with Crippen molar-refractivity contribution < 1.29 is 14.7 Å². The van der Waals surface area contributed by atoms with Gasteiger partial charge in [0.15, 0.2) is 0 Å². The SMILES string of the molecule is CCN(CC(C)(C)O)C(=O)C(CC(C)C)NC(N)=O. The Balaban J connectivity index is 4.87. The molecule has 0 radical (unpaired) electrons. The van der Waals surface area contributed by atoms with Gasteiger partial charge in [0, 0.05) is 13.1 Å². The Morgan fingerprint density at radius 1 is 1.37 bits per heavy atom. The summed E-state index contributed by atoms with van der Waals surface area (Å²) in [6, 6.07) is -1.35. The van der Waals surface area contributed by atoms with Crippen LogP contribution in [0.25, 0.3) is 0 Å². The van der Waals surface area contributed by atoms with E-state index < -0.39 is 17.7 Å². The van der Waals surface area contributed by atoms with Gasteiger partial charge in [-0.2, -0.15) is 0 Å². The van der Waals surface area contributed by atoms with E-state index in [0.29, 0.717) is 13.0 Å². The van der Waals surface area contributed by atoms with Crippen molar-refractivity contribution in [3.63, 3.8) is 0 Å². The zero-order valence-electron chi connectivity index (χ0n) is 12.6. The van der Waals surface area contributed by atoms with Gasteiger partial charge in [0.25, 0.3) is 0 Å². The molecule has 0 aromatic heterocycles. The van der Waals surface area contributed by atoms with E-state index in [9.17, 15) is 14.7 Å². The molecule has 0 fully saturated rings. The lowest BCUT2D eigenvalue weighted by atomic mass is 10.0. The normalized spacial score (nSPS) is 13.2. The summed E-state index contributed by atoms with van der Waals surface area (Å²) in [6.07, 6.45) is 0.518. The highest BCUT2D eigenvalue weighted by atomic mass is 16.3. The van der Waals surface area contributed by atoms with Crippen molar-refractivity contribution in [2.24, 2.45) is 11.7 Å². The van der Waals surface area contributed by atoms with Crippen molar-refractivity contribution in [2.75, 3.05) is 13.1 Å². The van der Waals surface area contributed by atoms with E-state index in [1.54, 1.807) is 13.8 Å². The molecule has 1 atom stereocenters. The maximum absolute atomic E-state index is 12.4. The summed E-state index contributed by atoms with van der Waals surface area (Å²) in [6.45, 7) is 9.74. The molecule has 6 heteroatoms. The van der Waals surface area contributed by atoms with Gasteiger partial charge < -0.3 is 21.1 Å². The first-order valence-electron chi connectivity index (χ1n) is 6.64. The minimum absolute atomic E-state index is 0.211. The molecule has 1 unspecified atom stereocenters. The van der Waals surface area contributed by atoms with Crippen LogP contribution in [0.5, 0.6) is 0 Å². The lowest BCUT2D eigenvalue weighted by Crippen LogP contribution is -2.53. The van der Waals surface area contributed by atoms with Crippen molar-refractivity contribution >= 4 is 11.9 Å². The molecule has 0 saturated heterocycles. The summed E-state index contributed by atoms with van der Waals surface area (Å²) >= 11 is 0. The fourth-order valence-electron chi connectivity index (χ4n) is 1.90. The summed E-state index contributed by atoms with van der Waals surface area (Å²) < 4.78 is 0. The molecule has 0 aromatic rings. The maximum atomic E-state index is 12.4. The number of urea groups is 1. The summed E-state index contributed by atoms with van der Waals surface area (Å²) in [5.74, 6) is 0.0405. The largest absolute Gasteiger partial charge is 0.389 e. The molecule has 0 bridgehead atoms. The molecular formula is C13H27N3O3. The van der Waals surface area contributed by atoms with E-state index in [1.807, 2.05) is 20.8 Å². The van der Waals surface area contributed by atoms with Crippen LogP contribution in [0.2, 0.25) is 0 Å². The smallest absolute Gasteiger partial charge is 0.312 e. The summed E-state index contributed by atoms with van der Waals surface area (Å²) in [5.41, 5.74) is 4.13. The number of rotatable bonds is 7. The predicted molar refractivity (Wildman–Crippen MR) is 74.5 cm³/mol. The molecule has 0 aliphatic rings. The zero-order chi connectivity index (χ0) is 15.2. The fraction of sp³-hybridized carbons (Fsp3) is 0.846. The number of nitrogens with two attached hydrogens (primary N) is 1. The average Bonchev–Trinajstić information content (AvgIpc) is 2.21. The van der Waals surface area contributed by atoms with Gasteiger partial charge in [0.2, 0.25) is 5.91 Å². The molecule has 0 aromatic carbocycles. The number of likely N-dealkylation sites (N-methyl/N-ethyl adjacent to an activating group) is 1. The fourth-order valence-corrected chi connectivity index (χ4v) is 1.90. The molecule has 6 nitrogen and oxygen atoms in total. The number of amides is 3. The third-order valence-corrected chi connectivity index (χ3v) is 2.59. The standard InChI is InChI=1S/C13H27N3O3/c1-6-16(8-13(4,5)19)11(17)10(7-9(2)3)15-12(14)18/h9-10,19H,6-8H2,1-5H3,(H3,14,15,18). The van der Waals surface area contributed by atoms with E-state index in [0.717, 1.165) is 0 Å². The van der Waals surface area contributed by atoms with Crippen LogP contribution in [0.15, 0.2) is 0 Å². The first-order chi connectivity index (χ1) is 8.56. The van der Waals surface area contributed by atoms with E-state index in [4.69, 9.17) is 5.73 Å². The topological polar surface area (TPSA) is 95.7 Å². The van der Waals surface area contributed by atoms with Crippen LogP contribution in [0.3, 0.4) is 0 Å². The summed E-state index contributed by atoms with van der Waals surface area (Å²) in [5, 5.41) is 12.3. The molecular weight excluding hydrogens is 246 g/mol. The van der Waals surface area contributed by atoms with Gasteiger partial charge in [-0.3, -0.25) is 4.79 Å². The van der Waals surface area contributed by atoms with Gasteiger partial charge in [-0.25, -0.2) is 4.79 Å². The molecule has 0 saturated carbocycles.